The number of hydrogen-bond donors (Lipinski definition) is 1. The van der Waals surface area contributed by atoms with E-state index in [1.54, 1.807) is 23.8 Å². The van der Waals surface area contributed by atoms with Crippen molar-refractivity contribution in [3.05, 3.63) is 0 Å². The number of carbonyl (C=O) groups excluding carboxylic acids is 2. The molecule has 5 nitrogen and oxygen atoms in total. The first kappa shape index (κ1) is 12.0. The third kappa shape index (κ3) is 2.28. The zero-order chi connectivity index (χ0) is 11.6. The van der Waals surface area contributed by atoms with Crippen LogP contribution in [0.25, 0.3) is 0 Å². The number of amides is 2. The number of hydrogen-bond acceptors (Lipinski definition) is 3. The van der Waals surface area contributed by atoms with Gasteiger partial charge in [-0.2, -0.15) is 0 Å². The standard InChI is InChI=1S/C10H19N3O2/c1-7(6-11)13-8(2)10(15)12(3)5-4-9(13)14/h7-8H,4-6,11H2,1-3H3. The molecular formula is C10H19N3O2. The van der Waals surface area contributed by atoms with Crippen molar-refractivity contribution < 1.29 is 9.59 Å². The fourth-order valence-electron chi connectivity index (χ4n) is 1.90. The van der Waals surface area contributed by atoms with Crippen LogP contribution in [0.1, 0.15) is 20.3 Å². The van der Waals surface area contributed by atoms with Crippen molar-refractivity contribution in [2.45, 2.75) is 32.4 Å². The highest BCUT2D eigenvalue weighted by Gasteiger charge is 2.33. The fourth-order valence-corrected chi connectivity index (χ4v) is 1.90. The molecule has 0 aromatic carbocycles. The Labute approximate surface area is 90.2 Å². The number of likely N-dealkylation sites (N-methyl/N-ethyl adjacent to an activating group) is 1. The summed E-state index contributed by atoms with van der Waals surface area (Å²) in [5.74, 6) is -0.000648. The molecule has 0 radical (unpaired) electrons. The molecule has 5 heteroatoms. The lowest BCUT2D eigenvalue weighted by atomic mass is 10.2. The molecule has 2 atom stereocenters. The second kappa shape index (κ2) is 4.61. The first-order chi connectivity index (χ1) is 6.99. The Bertz CT molecular complexity index is 267. The van der Waals surface area contributed by atoms with Gasteiger partial charge in [-0.25, -0.2) is 0 Å². The topological polar surface area (TPSA) is 66.6 Å². The highest BCUT2D eigenvalue weighted by atomic mass is 16.2. The summed E-state index contributed by atoms with van der Waals surface area (Å²) in [7, 11) is 1.72. The van der Waals surface area contributed by atoms with Crippen LogP contribution >= 0.6 is 0 Å². The van der Waals surface area contributed by atoms with Gasteiger partial charge >= 0.3 is 0 Å². The maximum absolute atomic E-state index is 11.8. The second-order valence-electron chi connectivity index (χ2n) is 4.07. The summed E-state index contributed by atoms with van der Waals surface area (Å²) in [4.78, 5) is 26.8. The van der Waals surface area contributed by atoms with Crippen molar-refractivity contribution in [2.24, 2.45) is 5.73 Å². The van der Waals surface area contributed by atoms with E-state index in [1.165, 1.54) is 0 Å². The van der Waals surface area contributed by atoms with Gasteiger partial charge in [-0.1, -0.05) is 0 Å². The molecule has 1 rings (SSSR count). The molecule has 2 N–H and O–H groups in total. The molecule has 1 aliphatic rings. The highest BCUT2D eigenvalue weighted by molar-refractivity contribution is 5.89. The van der Waals surface area contributed by atoms with Gasteiger partial charge in [0.2, 0.25) is 11.8 Å². The summed E-state index contributed by atoms with van der Waals surface area (Å²) in [6, 6.07) is -0.480. The first-order valence-corrected chi connectivity index (χ1v) is 5.25. The Morgan fingerprint density at radius 2 is 2.13 bits per heavy atom. The molecule has 0 saturated carbocycles. The first-order valence-electron chi connectivity index (χ1n) is 5.25. The molecule has 1 heterocycles. The van der Waals surface area contributed by atoms with E-state index < -0.39 is 6.04 Å². The van der Waals surface area contributed by atoms with Gasteiger partial charge in [0.05, 0.1) is 0 Å². The zero-order valence-corrected chi connectivity index (χ0v) is 9.56. The number of carbonyl (C=O) groups is 2. The van der Waals surface area contributed by atoms with E-state index in [0.29, 0.717) is 19.5 Å². The van der Waals surface area contributed by atoms with Crippen LogP contribution in [-0.2, 0) is 9.59 Å². The molecule has 2 amide bonds. The van der Waals surface area contributed by atoms with Crippen molar-refractivity contribution in [3.63, 3.8) is 0 Å². The predicted molar refractivity (Wildman–Crippen MR) is 57.1 cm³/mol. The van der Waals surface area contributed by atoms with Crippen LogP contribution < -0.4 is 5.73 Å². The molecule has 0 aliphatic carbocycles. The molecule has 1 saturated heterocycles. The Morgan fingerprint density at radius 3 is 2.67 bits per heavy atom. The van der Waals surface area contributed by atoms with Crippen molar-refractivity contribution in [1.82, 2.24) is 9.80 Å². The van der Waals surface area contributed by atoms with Gasteiger partial charge in [-0.05, 0) is 13.8 Å². The average molecular weight is 213 g/mol. The van der Waals surface area contributed by atoms with Gasteiger partial charge in [0.25, 0.3) is 0 Å². The average Bonchev–Trinajstić information content (AvgIpc) is 2.31. The van der Waals surface area contributed by atoms with Crippen LogP contribution in [0.3, 0.4) is 0 Å². The van der Waals surface area contributed by atoms with Crippen LogP contribution in [0, 0.1) is 0 Å². The predicted octanol–water partition coefficient (Wildman–Crippen LogP) is -0.587. The third-order valence-electron chi connectivity index (χ3n) is 2.92. The summed E-state index contributed by atoms with van der Waals surface area (Å²) in [5, 5.41) is 0. The lowest BCUT2D eigenvalue weighted by Crippen LogP contribution is -2.51. The smallest absolute Gasteiger partial charge is 0.244 e. The van der Waals surface area contributed by atoms with Gasteiger partial charge in [0.1, 0.15) is 6.04 Å². The Hall–Kier alpha value is -1.10. The molecule has 0 aromatic heterocycles. The number of nitrogens with two attached hydrogens (primary N) is 1. The van der Waals surface area contributed by atoms with Gasteiger partial charge in [-0.3, -0.25) is 9.59 Å². The normalized spacial score (nSPS) is 25.5. The van der Waals surface area contributed by atoms with Crippen LogP contribution in [-0.4, -0.2) is 53.8 Å². The molecule has 1 aliphatic heterocycles. The summed E-state index contributed by atoms with van der Waals surface area (Å²) >= 11 is 0. The van der Waals surface area contributed by atoms with E-state index in [-0.39, 0.29) is 17.9 Å². The van der Waals surface area contributed by atoms with Crippen molar-refractivity contribution in [2.75, 3.05) is 20.1 Å². The molecule has 0 spiro atoms. The minimum Gasteiger partial charge on any atom is -0.343 e. The molecule has 2 unspecified atom stereocenters. The zero-order valence-electron chi connectivity index (χ0n) is 9.56. The summed E-state index contributed by atoms with van der Waals surface area (Å²) in [5.41, 5.74) is 5.54. The van der Waals surface area contributed by atoms with E-state index in [4.69, 9.17) is 5.73 Å². The molecule has 1 fully saturated rings. The monoisotopic (exact) mass is 213 g/mol. The molecular weight excluding hydrogens is 194 g/mol. The number of nitrogens with zero attached hydrogens (tertiary/aromatic N) is 2. The van der Waals surface area contributed by atoms with Crippen LogP contribution in [0.4, 0.5) is 0 Å². The molecule has 86 valence electrons. The van der Waals surface area contributed by atoms with Crippen LogP contribution in [0.5, 0.6) is 0 Å². The second-order valence-corrected chi connectivity index (χ2v) is 4.07. The van der Waals surface area contributed by atoms with Crippen molar-refractivity contribution >= 4 is 11.8 Å². The van der Waals surface area contributed by atoms with Crippen LogP contribution in [0.2, 0.25) is 0 Å². The van der Waals surface area contributed by atoms with E-state index in [0.717, 1.165) is 0 Å². The van der Waals surface area contributed by atoms with Gasteiger partial charge in [0.15, 0.2) is 0 Å². The minimum absolute atomic E-state index is 0.0122. The molecule has 15 heavy (non-hydrogen) atoms. The van der Waals surface area contributed by atoms with E-state index in [1.807, 2.05) is 6.92 Å². The van der Waals surface area contributed by atoms with Gasteiger partial charge in [-0.15, -0.1) is 0 Å². The summed E-state index contributed by atoms with van der Waals surface area (Å²) in [6.45, 7) is 4.50. The summed E-state index contributed by atoms with van der Waals surface area (Å²) < 4.78 is 0. The maximum atomic E-state index is 11.8. The Balaban J connectivity index is 2.91. The highest BCUT2D eigenvalue weighted by Crippen LogP contribution is 2.14. The van der Waals surface area contributed by atoms with Crippen molar-refractivity contribution in [1.29, 1.82) is 0 Å². The number of rotatable bonds is 2. The Kier molecular flexibility index (Phi) is 3.68. The van der Waals surface area contributed by atoms with E-state index >= 15 is 0 Å². The fraction of sp³-hybridized carbons (Fsp3) is 0.800. The van der Waals surface area contributed by atoms with Gasteiger partial charge < -0.3 is 15.5 Å². The molecule has 0 bridgehead atoms. The largest absolute Gasteiger partial charge is 0.343 e. The third-order valence-corrected chi connectivity index (χ3v) is 2.92. The summed E-state index contributed by atoms with van der Waals surface area (Å²) in [6.07, 6.45) is 0.386. The van der Waals surface area contributed by atoms with Gasteiger partial charge in [0, 0.05) is 32.6 Å². The lowest BCUT2D eigenvalue weighted by Gasteiger charge is -2.31. The van der Waals surface area contributed by atoms with Crippen molar-refractivity contribution in [3.8, 4) is 0 Å². The van der Waals surface area contributed by atoms with E-state index in [9.17, 15) is 9.59 Å². The van der Waals surface area contributed by atoms with E-state index in [2.05, 4.69) is 0 Å². The Morgan fingerprint density at radius 1 is 1.53 bits per heavy atom. The minimum atomic E-state index is -0.399. The SMILES string of the molecule is CC(CN)N1C(=O)CCN(C)C(=O)C1C. The molecule has 0 aromatic rings. The maximum Gasteiger partial charge on any atom is 0.244 e. The lowest BCUT2D eigenvalue weighted by molar-refractivity contribution is -0.141. The quantitative estimate of drug-likeness (QED) is 0.667. The van der Waals surface area contributed by atoms with Crippen LogP contribution in [0.15, 0.2) is 0 Å².